The SMILES string of the molecule is O=C(NC(CO)C1CCCC1)c1ccc2oc(=O)[nH]c2c1. The molecule has 0 bridgehead atoms. The molecule has 6 nitrogen and oxygen atoms in total. The van der Waals surface area contributed by atoms with E-state index in [-0.39, 0.29) is 18.6 Å². The monoisotopic (exact) mass is 290 g/mol. The fourth-order valence-corrected chi connectivity index (χ4v) is 3.02. The molecule has 1 aromatic heterocycles. The van der Waals surface area contributed by atoms with Gasteiger partial charge in [0.1, 0.15) is 0 Å². The highest BCUT2D eigenvalue weighted by Crippen LogP contribution is 2.27. The van der Waals surface area contributed by atoms with Crippen molar-refractivity contribution in [1.82, 2.24) is 10.3 Å². The van der Waals surface area contributed by atoms with E-state index in [2.05, 4.69) is 10.3 Å². The van der Waals surface area contributed by atoms with Crippen LogP contribution >= 0.6 is 0 Å². The van der Waals surface area contributed by atoms with Crippen LogP contribution < -0.4 is 11.1 Å². The Morgan fingerprint density at radius 1 is 1.43 bits per heavy atom. The Hall–Kier alpha value is -2.08. The van der Waals surface area contributed by atoms with Gasteiger partial charge in [0.05, 0.1) is 18.2 Å². The second kappa shape index (κ2) is 5.73. The first-order valence-corrected chi connectivity index (χ1v) is 7.22. The fourth-order valence-electron chi connectivity index (χ4n) is 3.02. The largest absolute Gasteiger partial charge is 0.417 e. The average molecular weight is 290 g/mol. The van der Waals surface area contributed by atoms with Gasteiger partial charge in [-0.1, -0.05) is 12.8 Å². The van der Waals surface area contributed by atoms with Crippen molar-refractivity contribution < 1.29 is 14.3 Å². The zero-order chi connectivity index (χ0) is 14.8. The minimum atomic E-state index is -0.540. The third-order valence-electron chi connectivity index (χ3n) is 4.16. The first-order chi connectivity index (χ1) is 10.2. The number of oxazole rings is 1. The van der Waals surface area contributed by atoms with Crippen molar-refractivity contribution in [3.8, 4) is 0 Å². The number of aromatic amines is 1. The highest BCUT2D eigenvalue weighted by Gasteiger charge is 2.26. The normalized spacial score (nSPS) is 17.2. The standard InChI is InChI=1S/C15H18N2O4/c18-8-12(9-3-1-2-4-9)16-14(19)10-5-6-13-11(7-10)17-15(20)21-13/h5-7,9,12,18H,1-4,8H2,(H,16,19)(H,17,20). The molecule has 1 heterocycles. The van der Waals surface area contributed by atoms with Gasteiger partial charge in [-0.3, -0.25) is 9.78 Å². The number of aromatic nitrogens is 1. The molecule has 1 fully saturated rings. The Labute approximate surface area is 121 Å². The first kappa shape index (κ1) is 13.9. The molecule has 1 aliphatic rings. The van der Waals surface area contributed by atoms with Gasteiger partial charge in [-0.25, -0.2) is 4.79 Å². The second-order valence-corrected chi connectivity index (χ2v) is 5.53. The van der Waals surface area contributed by atoms with Gasteiger partial charge in [0.15, 0.2) is 5.58 Å². The summed E-state index contributed by atoms with van der Waals surface area (Å²) in [6.45, 7) is -0.0544. The van der Waals surface area contributed by atoms with Crippen LogP contribution in [0.1, 0.15) is 36.0 Å². The summed E-state index contributed by atoms with van der Waals surface area (Å²) in [4.78, 5) is 25.9. The van der Waals surface area contributed by atoms with Crippen LogP contribution in [-0.4, -0.2) is 28.6 Å². The zero-order valence-corrected chi connectivity index (χ0v) is 11.6. The molecule has 3 rings (SSSR count). The van der Waals surface area contributed by atoms with Gasteiger partial charge in [-0.05, 0) is 37.0 Å². The summed E-state index contributed by atoms with van der Waals surface area (Å²) in [5.41, 5.74) is 1.36. The van der Waals surface area contributed by atoms with Crippen LogP contribution in [0.3, 0.4) is 0 Å². The number of rotatable bonds is 4. The summed E-state index contributed by atoms with van der Waals surface area (Å²) in [7, 11) is 0. The lowest BCUT2D eigenvalue weighted by Gasteiger charge is -2.22. The third kappa shape index (κ3) is 2.85. The number of aliphatic hydroxyl groups excluding tert-OH is 1. The van der Waals surface area contributed by atoms with E-state index in [4.69, 9.17) is 4.42 Å². The van der Waals surface area contributed by atoms with E-state index in [0.29, 0.717) is 22.6 Å². The number of fused-ring (bicyclic) bond motifs is 1. The quantitative estimate of drug-likeness (QED) is 0.793. The molecule has 1 saturated carbocycles. The van der Waals surface area contributed by atoms with Crippen LogP contribution in [0.4, 0.5) is 0 Å². The van der Waals surface area contributed by atoms with Crippen LogP contribution in [0.5, 0.6) is 0 Å². The van der Waals surface area contributed by atoms with Crippen LogP contribution in [0.15, 0.2) is 27.4 Å². The van der Waals surface area contributed by atoms with E-state index in [0.717, 1.165) is 25.7 Å². The predicted octanol–water partition coefficient (Wildman–Crippen LogP) is 1.40. The Bertz CT molecular complexity index is 697. The van der Waals surface area contributed by atoms with Crippen molar-refractivity contribution in [2.45, 2.75) is 31.7 Å². The number of hydrogen-bond donors (Lipinski definition) is 3. The minimum absolute atomic E-state index is 0.0544. The first-order valence-electron chi connectivity index (χ1n) is 7.22. The van der Waals surface area contributed by atoms with Gasteiger partial charge in [0, 0.05) is 5.56 Å². The van der Waals surface area contributed by atoms with E-state index >= 15 is 0 Å². The van der Waals surface area contributed by atoms with Gasteiger partial charge in [0.25, 0.3) is 5.91 Å². The Morgan fingerprint density at radius 2 is 2.19 bits per heavy atom. The summed E-state index contributed by atoms with van der Waals surface area (Å²) in [5.74, 6) is -0.442. The maximum atomic E-state index is 12.3. The topological polar surface area (TPSA) is 95.3 Å². The molecule has 0 aliphatic heterocycles. The van der Waals surface area contributed by atoms with Crippen molar-refractivity contribution in [1.29, 1.82) is 0 Å². The maximum Gasteiger partial charge on any atom is 0.417 e. The van der Waals surface area contributed by atoms with Gasteiger partial charge in [0.2, 0.25) is 0 Å². The highest BCUT2D eigenvalue weighted by molar-refractivity contribution is 5.97. The van der Waals surface area contributed by atoms with E-state index in [9.17, 15) is 14.7 Å². The van der Waals surface area contributed by atoms with E-state index < -0.39 is 5.76 Å². The smallest absolute Gasteiger partial charge is 0.408 e. The maximum absolute atomic E-state index is 12.3. The van der Waals surface area contributed by atoms with E-state index in [1.807, 2.05) is 0 Å². The summed E-state index contributed by atoms with van der Waals surface area (Å²) in [6, 6.07) is 4.57. The number of hydrogen-bond acceptors (Lipinski definition) is 4. The fraction of sp³-hybridized carbons (Fsp3) is 0.467. The Morgan fingerprint density at radius 3 is 2.90 bits per heavy atom. The van der Waals surface area contributed by atoms with Crippen LogP contribution in [0, 0.1) is 5.92 Å². The number of benzene rings is 1. The molecule has 112 valence electrons. The lowest BCUT2D eigenvalue weighted by atomic mass is 9.98. The minimum Gasteiger partial charge on any atom is -0.408 e. The van der Waals surface area contributed by atoms with Crippen LogP contribution in [0.2, 0.25) is 0 Å². The molecule has 1 atom stereocenters. The third-order valence-corrected chi connectivity index (χ3v) is 4.16. The van der Waals surface area contributed by atoms with Gasteiger partial charge < -0.3 is 14.8 Å². The van der Waals surface area contributed by atoms with Gasteiger partial charge >= 0.3 is 5.76 Å². The predicted molar refractivity (Wildman–Crippen MR) is 77.1 cm³/mol. The number of amides is 1. The molecule has 0 radical (unpaired) electrons. The molecular weight excluding hydrogens is 272 g/mol. The molecular formula is C15H18N2O4. The van der Waals surface area contributed by atoms with E-state index in [1.165, 1.54) is 0 Å². The van der Waals surface area contributed by atoms with Crippen molar-refractivity contribution in [3.05, 3.63) is 34.3 Å². The lowest BCUT2D eigenvalue weighted by Crippen LogP contribution is -2.42. The summed E-state index contributed by atoms with van der Waals surface area (Å²) in [6.07, 6.45) is 4.39. The molecule has 0 spiro atoms. The molecule has 1 unspecified atom stereocenters. The van der Waals surface area contributed by atoms with Crippen molar-refractivity contribution in [2.24, 2.45) is 5.92 Å². The molecule has 1 aliphatic carbocycles. The Kier molecular flexibility index (Phi) is 3.79. The number of carbonyl (C=O) groups excluding carboxylic acids is 1. The molecule has 1 aromatic carbocycles. The summed E-state index contributed by atoms with van der Waals surface area (Å²) >= 11 is 0. The molecule has 2 aromatic rings. The second-order valence-electron chi connectivity index (χ2n) is 5.53. The van der Waals surface area contributed by atoms with Gasteiger partial charge in [-0.2, -0.15) is 0 Å². The molecule has 0 saturated heterocycles. The number of aliphatic hydroxyl groups is 1. The number of H-pyrrole nitrogens is 1. The summed E-state index contributed by atoms with van der Waals surface area (Å²) < 4.78 is 4.90. The number of carbonyl (C=O) groups is 1. The van der Waals surface area contributed by atoms with Crippen molar-refractivity contribution in [3.63, 3.8) is 0 Å². The summed E-state index contributed by atoms with van der Waals surface area (Å²) in [5, 5.41) is 12.4. The van der Waals surface area contributed by atoms with E-state index in [1.54, 1.807) is 18.2 Å². The molecule has 21 heavy (non-hydrogen) atoms. The van der Waals surface area contributed by atoms with Crippen molar-refractivity contribution >= 4 is 17.0 Å². The molecule has 6 heteroatoms. The average Bonchev–Trinajstić information content (AvgIpc) is 3.11. The van der Waals surface area contributed by atoms with Crippen LogP contribution in [-0.2, 0) is 0 Å². The Balaban J connectivity index is 1.77. The number of nitrogens with one attached hydrogen (secondary N) is 2. The van der Waals surface area contributed by atoms with Crippen LogP contribution in [0.25, 0.3) is 11.1 Å². The van der Waals surface area contributed by atoms with Crippen molar-refractivity contribution in [2.75, 3.05) is 6.61 Å². The van der Waals surface area contributed by atoms with Gasteiger partial charge in [-0.15, -0.1) is 0 Å². The molecule has 1 amide bonds. The lowest BCUT2D eigenvalue weighted by molar-refractivity contribution is 0.0889. The zero-order valence-electron chi connectivity index (χ0n) is 11.6. The highest BCUT2D eigenvalue weighted by atomic mass is 16.4. The molecule has 3 N–H and O–H groups in total.